The van der Waals surface area contributed by atoms with Gasteiger partial charge in [-0.05, 0) is 18.6 Å². The van der Waals surface area contributed by atoms with Gasteiger partial charge in [-0.1, -0.05) is 18.2 Å². The molecular weight excluding hydrogens is 268 g/mol. The third kappa shape index (κ3) is 1.91. The molecule has 3 rings (SSSR count). The van der Waals surface area contributed by atoms with Crippen molar-refractivity contribution in [3.63, 3.8) is 0 Å². The van der Waals surface area contributed by atoms with Crippen molar-refractivity contribution in [2.75, 3.05) is 6.54 Å². The third-order valence-electron chi connectivity index (χ3n) is 4.43. The van der Waals surface area contributed by atoms with E-state index in [9.17, 15) is 9.59 Å². The zero-order valence-electron chi connectivity index (χ0n) is 12.0. The molecule has 21 heavy (non-hydrogen) atoms. The summed E-state index contributed by atoms with van der Waals surface area (Å²) in [7, 11) is 1.99. The van der Waals surface area contributed by atoms with Crippen molar-refractivity contribution in [3.05, 3.63) is 35.5 Å². The smallest absolute Gasteiger partial charge is 0.247 e. The summed E-state index contributed by atoms with van der Waals surface area (Å²) in [6.45, 7) is 2.46. The van der Waals surface area contributed by atoms with Crippen molar-refractivity contribution in [1.29, 1.82) is 0 Å². The van der Waals surface area contributed by atoms with Gasteiger partial charge in [0.1, 0.15) is 5.92 Å². The molecule has 0 bridgehead atoms. The lowest BCUT2D eigenvalue weighted by Gasteiger charge is -2.16. The fourth-order valence-electron chi connectivity index (χ4n) is 3.30. The summed E-state index contributed by atoms with van der Waals surface area (Å²) in [6, 6.07) is 8.01. The minimum atomic E-state index is -0.778. The van der Waals surface area contributed by atoms with Crippen LogP contribution in [0.3, 0.4) is 0 Å². The molecule has 1 aromatic heterocycles. The second-order valence-electron chi connectivity index (χ2n) is 5.41. The van der Waals surface area contributed by atoms with Gasteiger partial charge in [0, 0.05) is 36.1 Å². The molecule has 1 aliphatic rings. The van der Waals surface area contributed by atoms with Crippen LogP contribution in [0.5, 0.6) is 0 Å². The van der Waals surface area contributed by atoms with Crippen molar-refractivity contribution in [2.45, 2.75) is 12.8 Å². The fraction of sp³-hybridized carbons (Fsp3) is 0.333. The van der Waals surface area contributed by atoms with Gasteiger partial charge in [-0.25, -0.2) is 5.84 Å². The number of rotatable bonds is 2. The molecule has 1 fully saturated rings. The number of carbonyl (C=O) groups is 2. The van der Waals surface area contributed by atoms with E-state index in [0.717, 1.165) is 22.2 Å². The Kier molecular flexibility index (Phi) is 3.17. The van der Waals surface area contributed by atoms with E-state index in [0.29, 0.717) is 6.54 Å². The minimum Gasteiger partial charge on any atom is -0.355 e. The molecule has 0 aliphatic carbocycles. The van der Waals surface area contributed by atoms with Gasteiger partial charge >= 0.3 is 0 Å². The number of aryl methyl sites for hydroxylation is 1. The number of nitrogens with zero attached hydrogens (tertiary/aromatic N) is 1. The van der Waals surface area contributed by atoms with Gasteiger partial charge in [-0.3, -0.25) is 15.0 Å². The average molecular weight is 286 g/mol. The second-order valence-corrected chi connectivity index (χ2v) is 5.41. The molecule has 2 heterocycles. The van der Waals surface area contributed by atoms with Crippen LogP contribution >= 0.6 is 0 Å². The average Bonchev–Trinajstić information content (AvgIpc) is 2.98. The molecule has 0 saturated carbocycles. The second kappa shape index (κ2) is 4.89. The van der Waals surface area contributed by atoms with Crippen LogP contribution in [-0.4, -0.2) is 22.9 Å². The topological polar surface area (TPSA) is 89.2 Å². The molecular formula is C15H18N4O2. The Hall–Kier alpha value is -2.34. The molecule has 2 aromatic rings. The van der Waals surface area contributed by atoms with E-state index in [1.807, 2.05) is 38.2 Å². The third-order valence-corrected chi connectivity index (χ3v) is 4.43. The van der Waals surface area contributed by atoms with E-state index in [1.165, 1.54) is 0 Å². The first-order chi connectivity index (χ1) is 10.1. The van der Waals surface area contributed by atoms with E-state index in [-0.39, 0.29) is 11.8 Å². The maximum absolute atomic E-state index is 12.0. The van der Waals surface area contributed by atoms with Crippen LogP contribution in [0.25, 0.3) is 10.9 Å². The van der Waals surface area contributed by atoms with Crippen LogP contribution in [0.15, 0.2) is 24.3 Å². The van der Waals surface area contributed by atoms with Gasteiger partial charge in [-0.15, -0.1) is 0 Å². The van der Waals surface area contributed by atoms with E-state index in [4.69, 9.17) is 5.84 Å². The number of amides is 2. The number of benzene rings is 1. The number of hydrogen-bond acceptors (Lipinski definition) is 3. The Bertz CT molecular complexity index is 735. The Balaban J connectivity index is 2.18. The maximum atomic E-state index is 12.0. The summed E-state index contributed by atoms with van der Waals surface area (Å²) in [5.41, 5.74) is 5.30. The van der Waals surface area contributed by atoms with Crippen molar-refractivity contribution < 1.29 is 9.59 Å². The number of para-hydroxylation sites is 1. The zero-order chi connectivity index (χ0) is 15.1. The highest BCUT2D eigenvalue weighted by Gasteiger charge is 2.42. The minimum absolute atomic E-state index is 0.202. The molecule has 6 nitrogen and oxygen atoms in total. The SMILES string of the molecule is Cc1c(C2CNC(=O)C2C(=O)NN)c2ccccc2n1C. The Morgan fingerprint density at radius 1 is 1.43 bits per heavy atom. The van der Waals surface area contributed by atoms with Gasteiger partial charge in [0.15, 0.2) is 0 Å². The number of nitrogens with two attached hydrogens (primary N) is 1. The van der Waals surface area contributed by atoms with Crippen molar-refractivity contribution in [1.82, 2.24) is 15.3 Å². The normalized spacial score (nSPS) is 21.6. The van der Waals surface area contributed by atoms with Crippen LogP contribution in [-0.2, 0) is 16.6 Å². The van der Waals surface area contributed by atoms with E-state index in [2.05, 4.69) is 15.3 Å². The number of hydrogen-bond donors (Lipinski definition) is 3. The molecule has 4 N–H and O–H groups in total. The highest BCUT2D eigenvalue weighted by Crippen LogP contribution is 2.37. The molecule has 1 aliphatic heterocycles. The molecule has 1 saturated heterocycles. The molecule has 2 unspecified atom stereocenters. The predicted octanol–water partition coefficient (Wildman–Crippen LogP) is 0.306. The highest BCUT2D eigenvalue weighted by atomic mass is 16.2. The first-order valence-electron chi connectivity index (χ1n) is 6.88. The summed E-state index contributed by atoms with van der Waals surface area (Å²) < 4.78 is 2.09. The molecule has 0 radical (unpaired) electrons. The summed E-state index contributed by atoms with van der Waals surface area (Å²) in [5.74, 6) is 3.54. The molecule has 2 atom stereocenters. The van der Waals surface area contributed by atoms with Crippen LogP contribution in [0.1, 0.15) is 17.2 Å². The number of carbonyl (C=O) groups excluding carboxylic acids is 2. The van der Waals surface area contributed by atoms with Crippen molar-refractivity contribution >= 4 is 22.7 Å². The Labute approximate surface area is 122 Å². The molecule has 0 spiro atoms. The van der Waals surface area contributed by atoms with Crippen LogP contribution in [0, 0.1) is 12.8 Å². The highest BCUT2D eigenvalue weighted by molar-refractivity contribution is 6.03. The lowest BCUT2D eigenvalue weighted by Crippen LogP contribution is -2.40. The van der Waals surface area contributed by atoms with E-state index >= 15 is 0 Å². The van der Waals surface area contributed by atoms with Crippen LogP contribution < -0.4 is 16.6 Å². The Morgan fingerprint density at radius 2 is 2.14 bits per heavy atom. The van der Waals surface area contributed by atoms with Crippen molar-refractivity contribution in [2.24, 2.45) is 18.8 Å². The number of nitrogens with one attached hydrogen (secondary N) is 2. The quantitative estimate of drug-likeness (QED) is 0.321. The molecule has 2 amide bonds. The summed E-state index contributed by atoms with van der Waals surface area (Å²) in [5, 5.41) is 3.85. The molecule has 1 aromatic carbocycles. The summed E-state index contributed by atoms with van der Waals surface area (Å²) in [4.78, 5) is 23.9. The van der Waals surface area contributed by atoms with E-state index < -0.39 is 11.8 Å². The molecule has 6 heteroatoms. The predicted molar refractivity (Wildman–Crippen MR) is 79.2 cm³/mol. The first kappa shape index (κ1) is 13.6. The fourth-order valence-corrected chi connectivity index (χ4v) is 3.30. The lowest BCUT2D eigenvalue weighted by molar-refractivity contribution is -0.133. The van der Waals surface area contributed by atoms with Crippen LogP contribution in [0.4, 0.5) is 0 Å². The first-order valence-corrected chi connectivity index (χ1v) is 6.88. The number of aromatic nitrogens is 1. The summed E-state index contributed by atoms with van der Waals surface area (Å²) in [6.07, 6.45) is 0. The number of fused-ring (bicyclic) bond motifs is 1. The molecule has 110 valence electrons. The van der Waals surface area contributed by atoms with Gasteiger partial charge in [0.2, 0.25) is 11.8 Å². The van der Waals surface area contributed by atoms with Crippen molar-refractivity contribution in [3.8, 4) is 0 Å². The zero-order valence-corrected chi connectivity index (χ0v) is 12.0. The van der Waals surface area contributed by atoms with E-state index in [1.54, 1.807) is 0 Å². The van der Waals surface area contributed by atoms with Gasteiger partial charge in [-0.2, -0.15) is 0 Å². The monoisotopic (exact) mass is 286 g/mol. The maximum Gasteiger partial charge on any atom is 0.247 e. The number of hydrazine groups is 1. The summed E-state index contributed by atoms with van der Waals surface area (Å²) >= 11 is 0. The largest absolute Gasteiger partial charge is 0.355 e. The standard InChI is InChI=1S/C15H18N4O2/c1-8-12(9-5-3-4-6-11(9)19(8)2)10-7-17-14(20)13(10)15(21)18-16/h3-6,10,13H,7,16H2,1-2H3,(H,17,20)(H,18,21). The van der Waals surface area contributed by atoms with Gasteiger partial charge in [0.25, 0.3) is 0 Å². The van der Waals surface area contributed by atoms with Gasteiger partial charge in [0.05, 0.1) is 0 Å². The van der Waals surface area contributed by atoms with Gasteiger partial charge < -0.3 is 9.88 Å². The lowest BCUT2D eigenvalue weighted by atomic mass is 9.86. The van der Waals surface area contributed by atoms with Crippen LogP contribution in [0.2, 0.25) is 0 Å². The Morgan fingerprint density at radius 3 is 2.86 bits per heavy atom.